The molecule has 1 atom stereocenters. The zero-order valence-electron chi connectivity index (χ0n) is 18.8. The van der Waals surface area contributed by atoms with Crippen LogP contribution in [0.15, 0.2) is 71.5 Å². The molecule has 3 aromatic carbocycles. The molecule has 1 fully saturated rings. The molecule has 0 bridgehead atoms. The molecule has 1 aliphatic heterocycles. The van der Waals surface area contributed by atoms with E-state index in [9.17, 15) is 14.0 Å². The van der Waals surface area contributed by atoms with Gasteiger partial charge in [-0.2, -0.15) is 5.10 Å². The van der Waals surface area contributed by atoms with Crippen LogP contribution in [0.25, 0.3) is 10.8 Å². The summed E-state index contributed by atoms with van der Waals surface area (Å²) in [6, 6.07) is 20.1. The summed E-state index contributed by atoms with van der Waals surface area (Å²) in [7, 11) is 0. The third-order valence-electron chi connectivity index (χ3n) is 6.31. The second kappa shape index (κ2) is 9.09. The lowest BCUT2D eigenvalue weighted by Crippen LogP contribution is -2.32. The molecule has 2 N–H and O–H groups in total. The van der Waals surface area contributed by atoms with Gasteiger partial charge in [0.1, 0.15) is 5.82 Å². The number of rotatable bonds is 5. The second-order valence-electron chi connectivity index (χ2n) is 8.78. The van der Waals surface area contributed by atoms with Crippen LogP contribution in [0.1, 0.15) is 33.6 Å². The SMILES string of the molecule is Cc1ccc(NC2CCN(C(=O)c3cc(Cc4n[nH]c(=O)c5ccccc45)ccc3F)C2)cc1. The Morgan fingerprint density at radius 3 is 2.68 bits per heavy atom. The molecule has 0 radical (unpaired) electrons. The highest BCUT2D eigenvalue weighted by Crippen LogP contribution is 2.22. The van der Waals surface area contributed by atoms with Crippen molar-refractivity contribution in [3.63, 3.8) is 0 Å². The molecular weight excluding hydrogens is 431 g/mol. The summed E-state index contributed by atoms with van der Waals surface area (Å²) in [5.41, 5.74) is 3.43. The normalized spacial score (nSPS) is 15.6. The zero-order valence-corrected chi connectivity index (χ0v) is 18.8. The fraction of sp³-hybridized carbons (Fsp3) is 0.222. The number of fused-ring (bicyclic) bond motifs is 1. The van der Waals surface area contributed by atoms with Crippen LogP contribution in [0.4, 0.5) is 10.1 Å². The lowest BCUT2D eigenvalue weighted by atomic mass is 10.0. The van der Waals surface area contributed by atoms with Crippen molar-refractivity contribution in [1.82, 2.24) is 15.1 Å². The number of aromatic nitrogens is 2. The highest BCUT2D eigenvalue weighted by atomic mass is 19.1. The average molecular weight is 457 g/mol. The Kier molecular flexibility index (Phi) is 5.84. The molecule has 1 aromatic heterocycles. The third kappa shape index (κ3) is 4.41. The summed E-state index contributed by atoms with van der Waals surface area (Å²) < 4.78 is 14.7. The van der Waals surface area contributed by atoms with Crippen molar-refractivity contribution in [1.29, 1.82) is 0 Å². The van der Waals surface area contributed by atoms with Crippen molar-refractivity contribution in [2.24, 2.45) is 0 Å². The van der Waals surface area contributed by atoms with Crippen LogP contribution in [0.3, 0.4) is 0 Å². The molecule has 0 spiro atoms. The minimum atomic E-state index is -0.539. The van der Waals surface area contributed by atoms with Gasteiger partial charge in [0, 0.05) is 36.6 Å². The van der Waals surface area contributed by atoms with Crippen molar-refractivity contribution >= 4 is 22.4 Å². The van der Waals surface area contributed by atoms with Crippen LogP contribution in [0, 0.1) is 12.7 Å². The van der Waals surface area contributed by atoms with Gasteiger partial charge in [0.2, 0.25) is 0 Å². The number of amides is 1. The van der Waals surface area contributed by atoms with E-state index in [1.807, 2.05) is 43.3 Å². The largest absolute Gasteiger partial charge is 0.380 e. The number of aryl methyl sites for hydroxylation is 1. The number of halogens is 1. The highest BCUT2D eigenvalue weighted by Gasteiger charge is 2.28. The quantitative estimate of drug-likeness (QED) is 0.470. The summed E-state index contributed by atoms with van der Waals surface area (Å²) in [6.07, 6.45) is 1.17. The van der Waals surface area contributed by atoms with Crippen molar-refractivity contribution in [2.75, 3.05) is 18.4 Å². The Hall–Kier alpha value is -4.00. The maximum Gasteiger partial charge on any atom is 0.272 e. The predicted molar refractivity (Wildman–Crippen MR) is 131 cm³/mol. The standard InChI is InChI=1S/C27H25FN4O2/c1-17-6-9-19(10-7-17)29-20-12-13-32(16-20)27(34)23-14-18(8-11-24(23)28)15-25-21-4-2-3-5-22(21)26(33)31-30-25/h2-11,14,20,29H,12-13,15-16H2,1H3,(H,31,33). The van der Waals surface area contributed by atoms with Crippen LogP contribution in [0.5, 0.6) is 0 Å². The fourth-order valence-corrected chi connectivity index (χ4v) is 4.46. The number of aromatic amines is 1. The summed E-state index contributed by atoms with van der Waals surface area (Å²) in [5.74, 6) is -0.852. The lowest BCUT2D eigenvalue weighted by Gasteiger charge is -2.19. The number of anilines is 1. The molecule has 0 aliphatic carbocycles. The molecule has 7 heteroatoms. The Morgan fingerprint density at radius 2 is 1.88 bits per heavy atom. The first-order valence-corrected chi connectivity index (χ1v) is 11.3. The van der Waals surface area contributed by atoms with Gasteiger partial charge in [-0.1, -0.05) is 42.0 Å². The zero-order chi connectivity index (χ0) is 23.7. The Labute approximate surface area is 196 Å². The average Bonchev–Trinajstić information content (AvgIpc) is 3.32. The van der Waals surface area contributed by atoms with Crippen molar-refractivity contribution < 1.29 is 9.18 Å². The fourth-order valence-electron chi connectivity index (χ4n) is 4.46. The van der Waals surface area contributed by atoms with Gasteiger partial charge in [-0.25, -0.2) is 9.49 Å². The number of H-pyrrole nitrogens is 1. The molecule has 5 rings (SSSR count). The summed E-state index contributed by atoms with van der Waals surface area (Å²) >= 11 is 0. The second-order valence-corrected chi connectivity index (χ2v) is 8.78. The number of hydrogen-bond acceptors (Lipinski definition) is 4. The van der Waals surface area contributed by atoms with Gasteiger partial charge in [0.05, 0.1) is 16.6 Å². The van der Waals surface area contributed by atoms with E-state index in [1.54, 1.807) is 29.2 Å². The van der Waals surface area contributed by atoms with Crippen LogP contribution in [0.2, 0.25) is 0 Å². The van der Waals surface area contributed by atoms with Gasteiger partial charge in [-0.15, -0.1) is 0 Å². The Balaban J connectivity index is 1.33. The van der Waals surface area contributed by atoms with E-state index in [2.05, 4.69) is 15.5 Å². The van der Waals surface area contributed by atoms with E-state index in [0.29, 0.717) is 30.6 Å². The molecule has 1 unspecified atom stereocenters. The predicted octanol–water partition coefficient (Wildman–Crippen LogP) is 4.29. The van der Waals surface area contributed by atoms with E-state index in [-0.39, 0.29) is 23.1 Å². The van der Waals surface area contributed by atoms with Gasteiger partial charge in [0.25, 0.3) is 11.5 Å². The molecule has 4 aromatic rings. The van der Waals surface area contributed by atoms with Crippen LogP contribution < -0.4 is 10.9 Å². The van der Waals surface area contributed by atoms with Crippen LogP contribution in [-0.2, 0) is 6.42 Å². The molecule has 0 saturated carbocycles. The number of nitrogens with one attached hydrogen (secondary N) is 2. The lowest BCUT2D eigenvalue weighted by molar-refractivity contribution is 0.0787. The molecular formula is C27H25FN4O2. The summed E-state index contributed by atoms with van der Waals surface area (Å²) in [4.78, 5) is 26.9. The smallest absolute Gasteiger partial charge is 0.272 e. The Bertz CT molecular complexity index is 1410. The van der Waals surface area contributed by atoms with Crippen molar-refractivity contribution in [3.05, 3.63) is 105 Å². The van der Waals surface area contributed by atoms with Crippen LogP contribution in [-0.4, -0.2) is 40.1 Å². The van der Waals surface area contributed by atoms with Gasteiger partial charge in [-0.3, -0.25) is 9.59 Å². The van der Waals surface area contributed by atoms with Gasteiger partial charge < -0.3 is 10.2 Å². The molecule has 1 aliphatic rings. The number of carbonyl (C=O) groups excluding carboxylic acids is 1. The maximum absolute atomic E-state index is 14.7. The van der Waals surface area contributed by atoms with Gasteiger partial charge >= 0.3 is 0 Å². The topological polar surface area (TPSA) is 78.1 Å². The van der Waals surface area contributed by atoms with E-state index < -0.39 is 5.82 Å². The number of hydrogen-bond donors (Lipinski definition) is 2. The van der Waals surface area contributed by atoms with Gasteiger partial charge in [-0.05, 0) is 49.2 Å². The third-order valence-corrected chi connectivity index (χ3v) is 6.31. The first kappa shape index (κ1) is 21.8. The van der Waals surface area contributed by atoms with E-state index >= 15 is 0 Å². The van der Waals surface area contributed by atoms with Crippen molar-refractivity contribution in [2.45, 2.75) is 25.8 Å². The van der Waals surface area contributed by atoms with Crippen LogP contribution >= 0.6 is 0 Å². The van der Waals surface area contributed by atoms with E-state index in [0.717, 1.165) is 23.1 Å². The molecule has 6 nitrogen and oxygen atoms in total. The molecule has 1 amide bonds. The number of nitrogens with zero attached hydrogens (tertiary/aromatic N) is 2. The molecule has 1 saturated heterocycles. The van der Waals surface area contributed by atoms with E-state index in [1.165, 1.54) is 11.6 Å². The number of likely N-dealkylation sites (tertiary alicyclic amines) is 1. The summed E-state index contributed by atoms with van der Waals surface area (Å²) in [6.45, 7) is 3.12. The Morgan fingerprint density at radius 1 is 1.12 bits per heavy atom. The van der Waals surface area contributed by atoms with E-state index in [4.69, 9.17) is 0 Å². The minimum Gasteiger partial charge on any atom is -0.380 e. The highest BCUT2D eigenvalue weighted by molar-refractivity contribution is 5.95. The molecule has 172 valence electrons. The van der Waals surface area contributed by atoms with Gasteiger partial charge in [0.15, 0.2) is 0 Å². The maximum atomic E-state index is 14.7. The summed E-state index contributed by atoms with van der Waals surface area (Å²) in [5, 5.41) is 11.5. The van der Waals surface area contributed by atoms with Crippen molar-refractivity contribution in [3.8, 4) is 0 Å². The minimum absolute atomic E-state index is 0.0576. The molecule has 2 heterocycles. The number of benzene rings is 3. The number of carbonyl (C=O) groups is 1. The monoisotopic (exact) mass is 456 g/mol. The molecule has 34 heavy (non-hydrogen) atoms. The first-order chi connectivity index (χ1) is 16.5. The first-order valence-electron chi connectivity index (χ1n) is 11.3.